The number of aryl methyl sites for hydroxylation is 1. The van der Waals surface area contributed by atoms with Crippen LogP contribution in [0.1, 0.15) is 37.7 Å². The molecule has 0 aliphatic rings. The van der Waals surface area contributed by atoms with Gasteiger partial charge in [-0.3, -0.25) is 0 Å². The van der Waals surface area contributed by atoms with Gasteiger partial charge >= 0.3 is 0 Å². The Morgan fingerprint density at radius 2 is 1.75 bits per heavy atom. The maximum atomic E-state index is 4.55. The Hall–Kier alpha value is -2.10. The van der Waals surface area contributed by atoms with E-state index in [4.69, 9.17) is 0 Å². The van der Waals surface area contributed by atoms with Crippen LogP contribution >= 0.6 is 0 Å². The van der Waals surface area contributed by atoms with E-state index in [1.54, 1.807) is 0 Å². The lowest BCUT2D eigenvalue weighted by Crippen LogP contribution is -2.12. The zero-order valence-corrected chi connectivity index (χ0v) is 12.4. The van der Waals surface area contributed by atoms with Crippen molar-refractivity contribution in [2.75, 3.05) is 17.7 Å². The highest BCUT2D eigenvalue weighted by Crippen LogP contribution is 2.22. The average Bonchev–Trinajstić information content (AvgIpc) is 2.53. The maximum absolute atomic E-state index is 4.55. The van der Waals surface area contributed by atoms with E-state index in [-0.39, 0.29) is 6.04 Å². The van der Waals surface area contributed by atoms with Crippen LogP contribution in [0.4, 0.5) is 11.6 Å². The summed E-state index contributed by atoms with van der Waals surface area (Å²) in [5.41, 5.74) is 1.28. The van der Waals surface area contributed by atoms with E-state index in [1.165, 1.54) is 5.56 Å². The number of nitrogens with zero attached hydrogens (tertiary/aromatic N) is 2. The third-order valence-corrected chi connectivity index (χ3v) is 3.28. The van der Waals surface area contributed by atoms with Crippen molar-refractivity contribution in [2.45, 2.75) is 32.7 Å². The number of aromatic nitrogens is 2. The SMILES string of the molecule is CCc1nc(NC)cc(NC(CC)c2ccccc2)n1. The zero-order valence-electron chi connectivity index (χ0n) is 12.4. The Bertz CT molecular complexity index is 517. The summed E-state index contributed by atoms with van der Waals surface area (Å²) in [4.78, 5) is 8.96. The van der Waals surface area contributed by atoms with Crippen molar-refractivity contribution in [1.29, 1.82) is 0 Å². The van der Waals surface area contributed by atoms with Crippen LogP contribution in [0.5, 0.6) is 0 Å². The average molecular weight is 270 g/mol. The predicted molar refractivity (Wildman–Crippen MR) is 84.1 cm³/mol. The van der Waals surface area contributed by atoms with Crippen molar-refractivity contribution in [1.82, 2.24) is 9.97 Å². The van der Waals surface area contributed by atoms with Gasteiger partial charge in [-0.1, -0.05) is 44.2 Å². The van der Waals surface area contributed by atoms with Crippen molar-refractivity contribution in [2.24, 2.45) is 0 Å². The molecule has 0 saturated heterocycles. The van der Waals surface area contributed by atoms with E-state index in [1.807, 2.05) is 19.2 Å². The van der Waals surface area contributed by atoms with Crippen molar-refractivity contribution >= 4 is 11.6 Å². The molecular weight excluding hydrogens is 248 g/mol. The molecule has 2 N–H and O–H groups in total. The summed E-state index contributed by atoms with van der Waals surface area (Å²) in [6.45, 7) is 4.23. The van der Waals surface area contributed by atoms with E-state index in [2.05, 4.69) is 58.7 Å². The molecule has 106 valence electrons. The Balaban J connectivity index is 2.23. The monoisotopic (exact) mass is 270 g/mol. The molecule has 0 spiro atoms. The van der Waals surface area contributed by atoms with Crippen LogP contribution < -0.4 is 10.6 Å². The molecule has 0 fully saturated rings. The van der Waals surface area contributed by atoms with Crippen molar-refractivity contribution in [3.8, 4) is 0 Å². The quantitative estimate of drug-likeness (QED) is 0.841. The van der Waals surface area contributed by atoms with E-state index in [0.29, 0.717) is 0 Å². The molecule has 1 aromatic carbocycles. The Labute approximate surface area is 120 Å². The third-order valence-electron chi connectivity index (χ3n) is 3.28. The Morgan fingerprint density at radius 1 is 1.05 bits per heavy atom. The first-order valence-corrected chi connectivity index (χ1v) is 7.14. The lowest BCUT2D eigenvalue weighted by molar-refractivity contribution is 0.741. The van der Waals surface area contributed by atoms with Gasteiger partial charge in [0.2, 0.25) is 0 Å². The predicted octanol–water partition coefficient (Wildman–Crippen LogP) is 3.64. The van der Waals surface area contributed by atoms with Gasteiger partial charge in [0.25, 0.3) is 0 Å². The second-order valence-corrected chi connectivity index (χ2v) is 4.67. The van der Waals surface area contributed by atoms with E-state index in [9.17, 15) is 0 Å². The second kappa shape index (κ2) is 6.89. The highest BCUT2D eigenvalue weighted by Gasteiger charge is 2.10. The standard InChI is InChI=1S/C16H22N4/c1-4-13(12-9-7-6-8-10-12)18-16-11-15(17-3)19-14(5-2)20-16/h6-11,13H,4-5H2,1-3H3,(H2,17,18,19,20). The molecule has 2 aromatic rings. The molecule has 2 rings (SSSR count). The number of nitrogens with one attached hydrogen (secondary N) is 2. The van der Waals surface area contributed by atoms with E-state index < -0.39 is 0 Å². The van der Waals surface area contributed by atoms with Crippen LogP contribution in [0.3, 0.4) is 0 Å². The smallest absolute Gasteiger partial charge is 0.132 e. The number of hydrogen-bond donors (Lipinski definition) is 2. The molecule has 0 saturated carbocycles. The van der Waals surface area contributed by atoms with Gasteiger partial charge in [-0.25, -0.2) is 9.97 Å². The van der Waals surface area contributed by atoms with Gasteiger partial charge in [-0.05, 0) is 12.0 Å². The fourth-order valence-corrected chi connectivity index (χ4v) is 2.14. The highest BCUT2D eigenvalue weighted by atomic mass is 15.1. The molecule has 1 aromatic heterocycles. The minimum absolute atomic E-state index is 0.264. The molecular formula is C16H22N4. The van der Waals surface area contributed by atoms with Gasteiger partial charge in [-0.15, -0.1) is 0 Å². The summed E-state index contributed by atoms with van der Waals surface area (Å²) in [7, 11) is 1.88. The zero-order chi connectivity index (χ0) is 14.4. The number of rotatable bonds is 6. The van der Waals surface area contributed by atoms with Crippen LogP contribution in [-0.2, 0) is 6.42 Å². The van der Waals surface area contributed by atoms with E-state index in [0.717, 1.165) is 30.3 Å². The summed E-state index contributed by atoms with van der Waals surface area (Å²) in [6.07, 6.45) is 1.83. The number of hydrogen-bond acceptors (Lipinski definition) is 4. The first-order valence-electron chi connectivity index (χ1n) is 7.14. The lowest BCUT2D eigenvalue weighted by atomic mass is 10.0. The van der Waals surface area contributed by atoms with Gasteiger partial charge in [0, 0.05) is 19.5 Å². The van der Waals surface area contributed by atoms with Crippen molar-refractivity contribution in [3.05, 3.63) is 47.8 Å². The van der Waals surface area contributed by atoms with Crippen molar-refractivity contribution in [3.63, 3.8) is 0 Å². The van der Waals surface area contributed by atoms with Crippen molar-refractivity contribution < 1.29 is 0 Å². The number of benzene rings is 1. The highest BCUT2D eigenvalue weighted by molar-refractivity contribution is 5.48. The summed E-state index contributed by atoms with van der Waals surface area (Å²) in [5.74, 6) is 2.57. The summed E-state index contributed by atoms with van der Waals surface area (Å²) in [6, 6.07) is 12.7. The van der Waals surface area contributed by atoms with Gasteiger partial charge in [0.1, 0.15) is 17.5 Å². The molecule has 0 amide bonds. The molecule has 0 bridgehead atoms. The maximum Gasteiger partial charge on any atom is 0.132 e. The summed E-state index contributed by atoms with van der Waals surface area (Å²) in [5, 5.41) is 6.59. The molecule has 1 unspecified atom stereocenters. The molecule has 4 nitrogen and oxygen atoms in total. The van der Waals surface area contributed by atoms with Crippen LogP contribution in [0.2, 0.25) is 0 Å². The van der Waals surface area contributed by atoms with Gasteiger partial charge in [-0.2, -0.15) is 0 Å². The molecule has 1 atom stereocenters. The lowest BCUT2D eigenvalue weighted by Gasteiger charge is -2.19. The topological polar surface area (TPSA) is 49.8 Å². The van der Waals surface area contributed by atoms with Crippen LogP contribution in [-0.4, -0.2) is 17.0 Å². The minimum Gasteiger partial charge on any atom is -0.373 e. The molecule has 0 radical (unpaired) electrons. The van der Waals surface area contributed by atoms with Gasteiger partial charge in [0.05, 0.1) is 6.04 Å². The molecule has 1 heterocycles. The normalized spacial score (nSPS) is 11.9. The largest absolute Gasteiger partial charge is 0.373 e. The van der Waals surface area contributed by atoms with Gasteiger partial charge in [0.15, 0.2) is 0 Å². The molecule has 20 heavy (non-hydrogen) atoms. The van der Waals surface area contributed by atoms with Crippen LogP contribution in [0.15, 0.2) is 36.4 Å². The number of anilines is 2. The molecule has 0 aliphatic carbocycles. The molecule has 4 heteroatoms. The second-order valence-electron chi connectivity index (χ2n) is 4.67. The molecule has 0 aliphatic heterocycles. The van der Waals surface area contributed by atoms with Gasteiger partial charge < -0.3 is 10.6 Å². The minimum atomic E-state index is 0.264. The first kappa shape index (κ1) is 14.3. The van der Waals surface area contributed by atoms with Crippen LogP contribution in [0.25, 0.3) is 0 Å². The Morgan fingerprint density at radius 3 is 2.35 bits per heavy atom. The summed E-state index contributed by atoms with van der Waals surface area (Å²) < 4.78 is 0. The van der Waals surface area contributed by atoms with Crippen LogP contribution in [0, 0.1) is 0 Å². The summed E-state index contributed by atoms with van der Waals surface area (Å²) >= 11 is 0. The fraction of sp³-hybridized carbons (Fsp3) is 0.375. The fourth-order valence-electron chi connectivity index (χ4n) is 2.14. The first-order chi connectivity index (χ1) is 9.76. The van der Waals surface area contributed by atoms with E-state index >= 15 is 0 Å². The third kappa shape index (κ3) is 3.47. The Kier molecular flexibility index (Phi) is 4.93.